The smallest absolute Gasteiger partial charge is 0.269 e. The zero-order chi connectivity index (χ0) is 27.2. The molecular formula is C30H44N4O4+2. The Hall–Kier alpha value is -2.84. The third kappa shape index (κ3) is 6.97. The number of nitrogens with zero attached hydrogens (tertiary/aromatic N) is 4. The highest BCUT2D eigenvalue weighted by atomic mass is 16.6. The van der Waals surface area contributed by atoms with Crippen molar-refractivity contribution in [1.82, 2.24) is 0 Å². The number of benzene rings is 2. The highest BCUT2D eigenvalue weighted by Gasteiger charge is 2.35. The van der Waals surface area contributed by atoms with Crippen LogP contribution in [-0.4, -0.2) is 58.1 Å². The number of hydrogen-bond donors (Lipinski definition) is 0. The van der Waals surface area contributed by atoms with Gasteiger partial charge < -0.3 is 8.97 Å². The molecule has 0 radical (unpaired) electrons. The Bertz CT molecular complexity index is 983. The van der Waals surface area contributed by atoms with Gasteiger partial charge in [-0.1, -0.05) is 0 Å². The minimum Gasteiger partial charge on any atom is -0.320 e. The van der Waals surface area contributed by atoms with Crippen molar-refractivity contribution >= 4 is 11.4 Å². The van der Waals surface area contributed by atoms with E-state index in [1.165, 1.54) is 75.8 Å². The molecule has 0 atom stereocenters. The Morgan fingerprint density at radius 2 is 0.947 bits per heavy atom. The van der Waals surface area contributed by atoms with E-state index in [-0.39, 0.29) is 21.2 Å². The summed E-state index contributed by atoms with van der Waals surface area (Å²) in [5.74, 6) is 1.63. The highest BCUT2D eigenvalue weighted by molar-refractivity contribution is 5.33. The molecule has 4 rings (SSSR count). The third-order valence-corrected chi connectivity index (χ3v) is 9.70. The van der Waals surface area contributed by atoms with Gasteiger partial charge in [0.1, 0.15) is 13.1 Å². The molecule has 8 nitrogen and oxygen atoms in total. The number of hydrogen-bond acceptors (Lipinski definition) is 4. The van der Waals surface area contributed by atoms with E-state index in [9.17, 15) is 20.2 Å². The summed E-state index contributed by atoms with van der Waals surface area (Å²) >= 11 is 0. The first kappa shape index (κ1) is 28.2. The van der Waals surface area contributed by atoms with Crippen LogP contribution in [0, 0.1) is 32.1 Å². The lowest BCUT2D eigenvalue weighted by Crippen LogP contribution is -2.52. The van der Waals surface area contributed by atoms with E-state index in [1.54, 1.807) is 24.3 Å². The molecule has 2 aromatic carbocycles. The molecule has 2 aromatic rings. The second kappa shape index (κ2) is 12.3. The summed E-state index contributed by atoms with van der Waals surface area (Å²) in [6.45, 7) is 13.5. The summed E-state index contributed by atoms with van der Waals surface area (Å²) in [7, 11) is 0. The lowest BCUT2D eigenvalue weighted by atomic mass is 9.83. The minimum absolute atomic E-state index is 0.166. The van der Waals surface area contributed by atoms with Gasteiger partial charge >= 0.3 is 0 Å². The summed E-state index contributed by atoms with van der Waals surface area (Å²) in [4.78, 5) is 21.3. The van der Waals surface area contributed by atoms with E-state index in [1.807, 2.05) is 24.3 Å². The quantitative estimate of drug-likeness (QED) is 0.191. The molecule has 0 amide bonds. The van der Waals surface area contributed by atoms with Gasteiger partial charge in [0, 0.05) is 35.4 Å². The molecule has 2 aliphatic rings. The number of non-ortho nitro benzene ring substituents is 2. The average molecular weight is 525 g/mol. The van der Waals surface area contributed by atoms with E-state index >= 15 is 0 Å². The van der Waals surface area contributed by atoms with Crippen molar-refractivity contribution in [1.29, 1.82) is 0 Å². The van der Waals surface area contributed by atoms with Gasteiger partial charge in [-0.3, -0.25) is 20.2 Å². The Morgan fingerprint density at radius 1 is 0.632 bits per heavy atom. The number of piperidine rings is 2. The maximum atomic E-state index is 11.0. The van der Waals surface area contributed by atoms with Crippen LogP contribution in [0.3, 0.4) is 0 Å². The third-order valence-electron chi connectivity index (χ3n) is 9.70. The molecule has 206 valence electrons. The van der Waals surface area contributed by atoms with Crippen molar-refractivity contribution in [3.63, 3.8) is 0 Å². The molecule has 0 unspecified atom stereocenters. The van der Waals surface area contributed by atoms with Crippen LogP contribution in [0.1, 0.15) is 63.5 Å². The molecule has 2 heterocycles. The van der Waals surface area contributed by atoms with Crippen molar-refractivity contribution in [3.05, 3.63) is 79.9 Å². The van der Waals surface area contributed by atoms with E-state index < -0.39 is 0 Å². The minimum atomic E-state index is -0.327. The monoisotopic (exact) mass is 524 g/mol. The van der Waals surface area contributed by atoms with E-state index in [0.717, 1.165) is 47.0 Å². The average Bonchev–Trinajstić information content (AvgIpc) is 2.94. The van der Waals surface area contributed by atoms with Crippen molar-refractivity contribution < 1.29 is 18.8 Å². The van der Waals surface area contributed by atoms with Gasteiger partial charge in [0.2, 0.25) is 0 Å². The Balaban J connectivity index is 1.22. The SMILES string of the molecule is CC[N+]1(Cc2ccc([N+](=O)[O-])cc2)CCC(CCC2CC[N+](CC)(Cc3ccc([N+](=O)[O-])cc3)CC2)CC1. The molecule has 0 saturated carbocycles. The number of likely N-dealkylation sites (tertiary alicyclic amines) is 2. The molecule has 0 aliphatic carbocycles. The van der Waals surface area contributed by atoms with Crippen LogP contribution >= 0.6 is 0 Å². The zero-order valence-electron chi connectivity index (χ0n) is 23.1. The van der Waals surface area contributed by atoms with Crippen LogP contribution in [0.4, 0.5) is 11.4 Å². The number of nitro groups is 2. The van der Waals surface area contributed by atoms with Gasteiger partial charge in [0.25, 0.3) is 11.4 Å². The zero-order valence-corrected chi connectivity index (χ0v) is 23.1. The summed E-state index contributed by atoms with van der Waals surface area (Å²) in [6.07, 6.45) is 7.79. The topological polar surface area (TPSA) is 86.3 Å². The predicted octanol–water partition coefficient (Wildman–Crippen LogP) is 6.48. The fraction of sp³-hybridized carbons (Fsp3) is 0.600. The summed E-state index contributed by atoms with van der Waals surface area (Å²) in [6, 6.07) is 14.3. The van der Waals surface area contributed by atoms with Crippen molar-refractivity contribution in [2.45, 2.75) is 65.5 Å². The van der Waals surface area contributed by atoms with Gasteiger partial charge in [-0.05, 0) is 88.5 Å². The molecule has 2 saturated heterocycles. The first-order valence-corrected chi connectivity index (χ1v) is 14.4. The molecular weight excluding hydrogens is 480 g/mol. The van der Waals surface area contributed by atoms with Gasteiger partial charge in [-0.25, -0.2) is 0 Å². The van der Waals surface area contributed by atoms with Crippen molar-refractivity contribution in [2.24, 2.45) is 11.8 Å². The Morgan fingerprint density at radius 3 is 1.21 bits per heavy atom. The van der Waals surface area contributed by atoms with Crippen molar-refractivity contribution in [3.8, 4) is 0 Å². The molecule has 0 N–H and O–H groups in total. The fourth-order valence-corrected chi connectivity index (χ4v) is 6.78. The Kier molecular flexibility index (Phi) is 9.15. The van der Waals surface area contributed by atoms with E-state index in [0.29, 0.717) is 0 Å². The maximum absolute atomic E-state index is 11.0. The largest absolute Gasteiger partial charge is 0.320 e. The normalized spacial score (nSPS) is 27.6. The molecule has 0 aromatic heterocycles. The molecule has 2 fully saturated rings. The highest BCUT2D eigenvalue weighted by Crippen LogP contribution is 2.34. The maximum Gasteiger partial charge on any atom is 0.269 e. The summed E-state index contributed by atoms with van der Waals surface area (Å²) in [5, 5.41) is 21.9. The number of quaternary nitrogens is 2. The van der Waals surface area contributed by atoms with E-state index in [4.69, 9.17) is 0 Å². The van der Waals surface area contributed by atoms with Crippen LogP contribution in [0.5, 0.6) is 0 Å². The van der Waals surface area contributed by atoms with Gasteiger partial charge in [0.15, 0.2) is 0 Å². The lowest BCUT2D eigenvalue weighted by molar-refractivity contribution is -0.945. The predicted molar refractivity (Wildman–Crippen MR) is 149 cm³/mol. The second-order valence-electron chi connectivity index (χ2n) is 11.8. The first-order chi connectivity index (χ1) is 18.3. The number of rotatable bonds is 11. The van der Waals surface area contributed by atoms with Crippen LogP contribution in [0.25, 0.3) is 0 Å². The molecule has 8 heteroatoms. The first-order valence-electron chi connectivity index (χ1n) is 14.4. The Labute approximate surface area is 226 Å². The van der Waals surface area contributed by atoms with E-state index in [2.05, 4.69) is 13.8 Å². The van der Waals surface area contributed by atoms with Gasteiger partial charge in [-0.15, -0.1) is 0 Å². The van der Waals surface area contributed by atoms with Crippen LogP contribution in [0.15, 0.2) is 48.5 Å². The fourth-order valence-electron chi connectivity index (χ4n) is 6.78. The second-order valence-corrected chi connectivity index (χ2v) is 11.8. The summed E-state index contributed by atoms with van der Waals surface area (Å²) < 4.78 is 2.19. The molecule has 0 bridgehead atoms. The van der Waals surface area contributed by atoms with Gasteiger partial charge in [-0.2, -0.15) is 0 Å². The molecule has 38 heavy (non-hydrogen) atoms. The van der Waals surface area contributed by atoms with Crippen molar-refractivity contribution in [2.75, 3.05) is 39.3 Å². The number of nitro benzene ring substituents is 2. The summed E-state index contributed by atoms with van der Waals surface area (Å²) in [5.41, 5.74) is 2.73. The lowest BCUT2D eigenvalue weighted by Gasteiger charge is -2.44. The van der Waals surface area contributed by atoms with Crippen LogP contribution < -0.4 is 0 Å². The molecule has 2 aliphatic heterocycles. The van der Waals surface area contributed by atoms with Crippen LogP contribution in [0.2, 0.25) is 0 Å². The van der Waals surface area contributed by atoms with Gasteiger partial charge in [0.05, 0.1) is 49.1 Å². The molecule has 0 spiro atoms. The van der Waals surface area contributed by atoms with Crippen LogP contribution in [-0.2, 0) is 13.1 Å². The standard InChI is InChI=1S/C30H44N4O4/c1-3-33(23-27-7-11-29(12-8-27)31(35)36)19-15-25(16-20-33)5-6-26-17-21-34(4-2,22-18-26)24-28-9-13-30(14-10-28)32(37)38/h7-14,25-26H,3-6,15-24H2,1-2H3/q+2.